The number of ether oxygens (including phenoxy) is 1. The molecule has 6 nitrogen and oxygen atoms in total. The van der Waals surface area contributed by atoms with E-state index in [9.17, 15) is 13.2 Å². The minimum Gasteiger partial charge on any atom is -0.402 e. The molecule has 0 radical (unpaired) electrons. The van der Waals surface area contributed by atoms with E-state index >= 15 is 0 Å². The van der Waals surface area contributed by atoms with Gasteiger partial charge in [-0.3, -0.25) is 0 Å². The first-order valence-electron chi connectivity index (χ1n) is 7.39. The van der Waals surface area contributed by atoms with E-state index in [1.807, 2.05) is 31.2 Å². The topological polar surface area (TPSA) is 82.0 Å². The van der Waals surface area contributed by atoms with E-state index in [1.165, 1.54) is 12.1 Å². The average Bonchev–Trinajstić information content (AvgIpc) is 2.89. The molecule has 0 fully saturated rings. The van der Waals surface area contributed by atoms with E-state index < -0.39 is 16.1 Å². The van der Waals surface area contributed by atoms with Crippen LogP contribution >= 0.6 is 0 Å². The van der Waals surface area contributed by atoms with Crippen molar-refractivity contribution < 1.29 is 22.1 Å². The van der Waals surface area contributed by atoms with Crippen molar-refractivity contribution in [1.82, 2.24) is 0 Å². The minimum absolute atomic E-state index is 0.174. The lowest BCUT2D eigenvalue weighted by Gasteiger charge is -2.02. The summed E-state index contributed by atoms with van der Waals surface area (Å²) in [5.74, 6) is -0.0763. The zero-order chi connectivity index (χ0) is 18.0. The van der Waals surface area contributed by atoms with Crippen LogP contribution in [-0.2, 0) is 19.6 Å². The van der Waals surface area contributed by atoms with E-state index in [4.69, 9.17) is 8.92 Å². The summed E-state index contributed by atoms with van der Waals surface area (Å²) in [7, 11) is -3.57. The molecule has 0 saturated carbocycles. The minimum atomic E-state index is -3.57. The van der Waals surface area contributed by atoms with Crippen LogP contribution in [0.3, 0.4) is 0 Å². The highest BCUT2D eigenvalue weighted by molar-refractivity contribution is 7.86. The predicted molar refractivity (Wildman–Crippen MR) is 93.7 cm³/mol. The van der Waals surface area contributed by atoms with Crippen molar-refractivity contribution in [3.63, 3.8) is 0 Å². The summed E-state index contributed by atoms with van der Waals surface area (Å²) in [5.41, 5.74) is 2.61. The number of esters is 1. The maximum atomic E-state index is 12.0. The molecule has 0 bridgehead atoms. The van der Waals surface area contributed by atoms with Crippen LogP contribution in [0.25, 0.3) is 6.08 Å². The lowest BCUT2D eigenvalue weighted by molar-refractivity contribution is -0.129. The van der Waals surface area contributed by atoms with Crippen LogP contribution in [-0.4, -0.2) is 26.5 Å². The van der Waals surface area contributed by atoms with Gasteiger partial charge in [-0.1, -0.05) is 29.8 Å². The Kier molecular flexibility index (Phi) is 4.41. The van der Waals surface area contributed by atoms with Gasteiger partial charge >= 0.3 is 16.1 Å². The van der Waals surface area contributed by atoms with Crippen LogP contribution in [0.4, 0.5) is 0 Å². The van der Waals surface area contributed by atoms with Crippen molar-refractivity contribution in [3.8, 4) is 5.75 Å². The maximum Gasteiger partial charge on any atom is 0.363 e. The number of aliphatic imine (C=N–C) groups is 1. The fraction of sp³-hybridized carbons (Fsp3) is 0.111. The van der Waals surface area contributed by atoms with Gasteiger partial charge in [0.25, 0.3) is 0 Å². The first-order valence-corrected chi connectivity index (χ1v) is 9.21. The second-order valence-electron chi connectivity index (χ2n) is 5.56. The van der Waals surface area contributed by atoms with Crippen LogP contribution in [0.5, 0.6) is 5.75 Å². The number of carbonyl (C=O) groups excluding carboxylic acids is 1. The van der Waals surface area contributed by atoms with Crippen LogP contribution in [0.2, 0.25) is 0 Å². The summed E-state index contributed by atoms with van der Waals surface area (Å²) in [5, 5.41) is 0. The molecule has 0 saturated heterocycles. The molecule has 7 heteroatoms. The largest absolute Gasteiger partial charge is 0.402 e. The number of hydrogen-bond acceptors (Lipinski definition) is 6. The second kappa shape index (κ2) is 6.52. The maximum absolute atomic E-state index is 12.0. The van der Waals surface area contributed by atoms with E-state index in [0.717, 1.165) is 17.4 Å². The van der Waals surface area contributed by atoms with Gasteiger partial charge in [0.1, 0.15) is 5.75 Å². The summed E-state index contributed by atoms with van der Waals surface area (Å²) in [6.45, 7) is 1.94. The third kappa shape index (κ3) is 4.33. The Morgan fingerprint density at radius 3 is 2.48 bits per heavy atom. The fourth-order valence-electron chi connectivity index (χ4n) is 2.26. The molecule has 3 rings (SSSR count). The van der Waals surface area contributed by atoms with Crippen molar-refractivity contribution in [1.29, 1.82) is 0 Å². The Hall–Kier alpha value is -2.93. The Morgan fingerprint density at radius 1 is 1.12 bits per heavy atom. The Morgan fingerprint density at radius 2 is 1.84 bits per heavy atom. The molecule has 1 heterocycles. The van der Waals surface area contributed by atoms with Crippen LogP contribution in [0, 0.1) is 6.92 Å². The molecular weight excluding hydrogens is 342 g/mol. The highest BCUT2D eigenvalue weighted by atomic mass is 32.2. The zero-order valence-electron chi connectivity index (χ0n) is 13.6. The van der Waals surface area contributed by atoms with Crippen molar-refractivity contribution in [3.05, 3.63) is 70.9 Å². The highest BCUT2D eigenvalue weighted by Crippen LogP contribution is 2.21. The summed E-state index contributed by atoms with van der Waals surface area (Å²) < 4.78 is 32.2. The van der Waals surface area contributed by atoms with Gasteiger partial charge in [-0.25, -0.2) is 9.79 Å². The molecule has 0 amide bonds. The lowest BCUT2D eigenvalue weighted by atomic mass is 10.1. The second-order valence-corrected chi connectivity index (χ2v) is 7.14. The number of nitrogens with zero attached hydrogens (tertiary/aromatic N) is 1. The molecule has 0 aliphatic carbocycles. The number of cyclic esters (lactones) is 1. The van der Waals surface area contributed by atoms with Crippen molar-refractivity contribution in [2.24, 2.45) is 4.99 Å². The molecule has 2 aromatic rings. The van der Waals surface area contributed by atoms with Crippen molar-refractivity contribution in [2.45, 2.75) is 6.92 Å². The molecule has 25 heavy (non-hydrogen) atoms. The molecule has 0 spiro atoms. The van der Waals surface area contributed by atoms with Gasteiger partial charge < -0.3 is 8.92 Å². The molecule has 0 atom stereocenters. The van der Waals surface area contributed by atoms with Gasteiger partial charge in [0, 0.05) is 5.56 Å². The smallest absolute Gasteiger partial charge is 0.363 e. The Bertz CT molecular complexity index is 988. The molecule has 0 unspecified atom stereocenters. The summed E-state index contributed by atoms with van der Waals surface area (Å²) in [4.78, 5) is 16.2. The van der Waals surface area contributed by atoms with E-state index in [1.54, 1.807) is 18.2 Å². The van der Waals surface area contributed by atoms with Crippen molar-refractivity contribution >= 4 is 28.1 Å². The van der Waals surface area contributed by atoms with Gasteiger partial charge in [0.05, 0.1) is 6.26 Å². The zero-order valence-corrected chi connectivity index (χ0v) is 14.4. The quantitative estimate of drug-likeness (QED) is 0.477. The molecule has 0 aromatic heterocycles. The van der Waals surface area contributed by atoms with Crippen LogP contribution < -0.4 is 4.18 Å². The Labute approximate surface area is 145 Å². The molecule has 1 aliphatic heterocycles. The van der Waals surface area contributed by atoms with Gasteiger partial charge in [0.2, 0.25) is 5.90 Å². The number of carbonyl (C=O) groups is 1. The van der Waals surface area contributed by atoms with E-state index in [2.05, 4.69) is 4.99 Å². The van der Waals surface area contributed by atoms with E-state index in [-0.39, 0.29) is 17.3 Å². The third-order valence-corrected chi connectivity index (χ3v) is 3.81. The fourth-order valence-corrected chi connectivity index (χ4v) is 2.72. The molecular formula is C18H15NO5S. The summed E-state index contributed by atoms with van der Waals surface area (Å²) in [6, 6.07) is 13.8. The van der Waals surface area contributed by atoms with Gasteiger partial charge in [-0.05, 0) is 42.8 Å². The lowest BCUT2D eigenvalue weighted by Crippen LogP contribution is -2.05. The number of hydrogen-bond donors (Lipinski definition) is 0. The Balaban J connectivity index is 1.84. The van der Waals surface area contributed by atoms with Gasteiger partial charge in [-0.15, -0.1) is 0 Å². The first kappa shape index (κ1) is 16.9. The standard InChI is InChI=1S/C18H15NO5S/c1-12-4-3-5-14(10-12)17-19-16(18(20)23-17)11-13-6-8-15(9-7-13)24-25(2,21)22/h3-11H,1-2H3/b16-11+. The van der Waals surface area contributed by atoms with Crippen molar-refractivity contribution in [2.75, 3.05) is 6.26 Å². The molecule has 1 aliphatic rings. The number of benzene rings is 2. The normalized spacial score (nSPS) is 15.8. The average molecular weight is 357 g/mol. The van der Waals surface area contributed by atoms with Gasteiger partial charge in [-0.2, -0.15) is 8.42 Å². The molecule has 0 N–H and O–H groups in total. The third-order valence-electron chi connectivity index (χ3n) is 3.32. The van der Waals surface area contributed by atoms with E-state index in [0.29, 0.717) is 5.56 Å². The van der Waals surface area contributed by atoms with Crippen LogP contribution in [0.15, 0.2) is 59.2 Å². The SMILES string of the molecule is Cc1cccc(C2=N/C(=C/c3ccc(OS(C)(=O)=O)cc3)C(=O)O2)c1. The number of rotatable bonds is 4. The predicted octanol–water partition coefficient (Wildman–Crippen LogP) is 2.68. The number of aryl methyl sites for hydroxylation is 1. The summed E-state index contributed by atoms with van der Waals surface area (Å²) >= 11 is 0. The first-order chi connectivity index (χ1) is 11.8. The summed E-state index contributed by atoms with van der Waals surface area (Å²) in [6.07, 6.45) is 2.54. The monoisotopic (exact) mass is 357 g/mol. The van der Waals surface area contributed by atoms with Gasteiger partial charge in [0.15, 0.2) is 5.70 Å². The molecule has 2 aromatic carbocycles. The van der Waals surface area contributed by atoms with Crippen LogP contribution in [0.1, 0.15) is 16.7 Å². The molecule has 128 valence electrons. The highest BCUT2D eigenvalue weighted by Gasteiger charge is 2.24.